The van der Waals surface area contributed by atoms with E-state index in [1.54, 1.807) is 23.6 Å². The summed E-state index contributed by atoms with van der Waals surface area (Å²) >= 11 is 1.67. The van der Waals surface area contributed by atoms with E-state index < -0.39 is 0 Å². The van der Waals surface area contributed by atoms with Crippen molar-refractivity contribution in [3.05, 3.63) is 0 Å². The highest BCUT2D eigenvalue weighted by Gasteiger charge is 2.08. The van der Waals surface area contributed by atoms with Gasteiger partial charge in [-0.1, -0.05) is 0 Å². The molecule has 0 fully saturated rings. The summed E-state index contributed by atoms with van der Waals surface area (Å²) in [4.78, 5) is 12.4. The van der Waals surface area contributed by atoms with Gasteiger partial charge in [0.1, 0.15) is 0 Å². The van der Waals surface area contributed by atoms with Crippen LogP contribution in [0.1, 0.15) is 13.8 Å². The fourth-order valence-electron chi connectivity index (χ4n) is 0.414. The van der Waals surface area contributed by atoms with E-state index in [4.69, 9.17) is 0 Å². The minimum Gasteiger partial charge on any atom is -0.334 e. The van der Waals surface area contributed by atoms with Crippen LogP contribution in [-0.2, 0) is 4.79 Å². The largest absolute Gasteiger partial charge is 0.334 e. The van der Waals surface area contributed by atoms with Gasteiger partial charge in [-0.25, -0.2) is 0 Å². The monoisotopic (exact) mass is 147 g/mol. The van der Waals surface area contributed by atoms with Gasteiger partial charge in [-0.15, -0.1) is 11.8 Å². The first kappa shape index (κ1) is 8.82. The number of hydrogen-bond acceptors (Lipinski definition) is 2. The summed E-state index contributed by atoms with van der Waals surface area (Å²) in [7, 11) is 1.81. The molecule has 1 unspecified atom stereocenters. The summed E-state index contributed by atoms with van der Waals surface area (Å²) < 4.78 is 0. The topological polar surface area (TPSA) is 20.3 Å². The summed E-state index contributed by atoms with van der Waals surface area (Å²) in [6, 6.07) is 0. The van der Waals surface area contributed by atoms with Crippen LogP contribution in [-0.4, -0.2) is 29.5 Å². The molecule has 0 bridgehead atoms. The molecule has 0 saturated carbocycles. The Hall–Kier alpha value is -0.180. The Balaban J connectivity index is 3.72. The maximum Gasteiger partial charge on any atom is 0.220 e. The molecule has 0 saturated heterocycles. The quantitative estimate of drug-likeness (QED) is 0.546. The zero-order chi connectivity index (χ0) is 7.44. The molecule has 0 aliphatic heterocycles. The van der Waals surface area contributed by atoms with E-state index in [1.165, 1.54) is 0 Å². The normalized spacial score (nSPS) is 12.9. The van der Waals surface area contributed by atoms with E-state index in [1.807, 2.05) is 20.2 Å². The molecule has 0 heterocycles. The molecule has 2 nitrogen and oxygen atoms in total. The van der Waals surface area contributed by atoms with Gasteiger partial charge in [-0.3, -0.25) is 4.79 Å². The van der Waals surface area contributed by atoms with Crippen LogP contribution in [0, 0.1) is 0 Å². The van der Waals surface area contributed by atoms with Crippen LogP contribution < -0.4 is 0 Å². The van der Waals surface area contributed by atoms with Crippen molar-refractivity contribution in [2.45, 2.75) is 19.2 Å². The lowest BCUT2D eigenvalue weighted by Gasteiger charge is -2.20. The number of rotatable bonds is 2. The van der Waals surface area contributed by atoms with Gasteiger partial charge in [0, 0.05) is 14.0 Å². The molecule has 0 aromatic rings. The Morgan fingerprint density at radius 2 is 2.11 bits per heavy atom. The number of carbonyl (C=O) groups excluding carboxylic acids is 1. The molecular weight excluding hydrogens is 134 g/mol. The van der Waals surface area contributed by atoms with Crippen LogP contribution in [0.4, 0.5) is 0 Å². The highest BCUT2D eigenvalue weighted by molar-refractivity contribution is 7.99. The van der Waals surface area contributed by atoms with E-state index in [9.17, 15) is 4.79 Å². The van der Waals surface area contributed by atoms with E-state index >= 15 is 0 Å². The van der Waals surface area contributed by atoms with Gasteiger partial charge < -0.3 is 4.90 Å². The van der Waals surface area contributed by atoms with Gasteiger partial charge in [0.25, 0.3) is 0 Å². The second-order valence-corrected chi connectivity index (χ2v) is 3.12. The van der Waals surface area contributed by atoms with Gasteiger partial charge in [-0.05, 0) is 13.2 Å². The Morgan fingerprint density at radius 3 is 2.22 bits per heavy atom. The van der Waals surface area contributed by atoms with Crippen molar-refractivity contribution in [2.24, 2.45) is 0 Å². The number of amides is 1. The molecular formula is C6H13NOS. The first-order valence-corrected chi connectivity index (χ1v) is 4.14. The fourth-order valence-corrected chi connectivity index (χ4v) is 0.879. The highest BCUT2D eigenvalue weighted by Crippen LogP contribution is 2.08. The minimum absolute atomic E-state index is 0.122. The first-order chi connectivity index (χ1) is 4.09. The van der Waals surface area contributed by atoms with Crippen molar-refractivity contribution in [3.63, 3.8) is 0 Å². The van der Waals surface area contributed by atoms with Crippen LogP contribution in [0.25, 0.3) is 0 Å². The Labute approximate surface area is 60.6 Å². The summed E-state index contributed by atoms with van der Waals surface area (Å²) in [6.45, 7) is 3.58. The zero-order valence-electron chi connectivity index (χ0n) is 6.34. The second-order valence-electron chi connectivity index (χ2n) is 1.96. The van der Waals surface area contributed by atoms with Crippen molar-refractivity contribution in [2.75, 3.05) is 13.3 Å². The molecule has 54 valence electrons. The second kappa shape index (κ2) is 3.77. The SMILES string of the molecule is CSC(C)N(C)C(C)=O. The number of thioether (sulfide) groups is 1. The van der Waals surface area contributed by atoms with Crippen molar-refractivity contribution < 1.29 is 4.79 Å². The van der Waals surface area contributed by atoms with Crippen LogP contribution in [0.5, 0.6) is 0 Å². The maximum atomic E-state index is 10.7. The third-order valence-electron chi connectivity index (χ3n) is 1.38. The molecule has 1 amide bonds. The van der Waals surface area contributed by atoms with E-state index in [-0.39, 0.29) is 5.91 Å². The fraction of sp³-hybridized carbons (Fsp3) is 0.833. The van der Waals surface area contributed by atoms with Crippen molar-refractivity contribution in [3.8, 4) is 0 Å². The van der Waals surface area contributed by atoms with E-state index in [2.05, 4.69) is 0 Å². The molecule has 0 rings (SSSR count). The van der Waals surface area contributed by atoms with Crippen molar-refractivity contribution in [1.82, 2.24) is 4.90 Å². The molecule has 0 aromatic heterocycles. The molecule has 0 aliphatic carbocycles. The molecule has 0 aliphatic rings. The van der Waals surface area contributed by atoms with Crippen LogP contribution in [0.3, 0.4) is 0 Å². The number of nitrogens with zero attached hydrogens (tertiary/aromatic N) is 1. The average Bonchev–Trinajstić information content (AvgIpc) is 1.84. The highest BCUT2D eigenvalue weighted by atomic mass is 32.2. The van der Waals surface area contributed by atoms with Gasteiger partial charge >= 0.3 is 0 Å². The van der Waals surface area contributed by atoms with Gasteiger partial charge in [0.15, 0.2) is 0 Å². The van der Waals surface area contributed by atoms with Crippen LogP contribution >= 0.6 is 11.8 Å². The molecule has 0 radical (unpaired) electrons. The van der Waals surface area contributed by atoms with Crippen LogP contribution in [0.15, 0.2) is 0 Å². The van der Waals surface area contributed by atoms with Crippen LogP contribution in [0.2, 0.25) is 0 Å². The van der Waals surface area contributed by atoms with E-state index in [0.717, 1.165) is 0 Å². The predicted molar refractivity (Wildman–Crippen MR) is 41.4 cm³/mol. The van der Waals surface area contributed by atoms with Gasteiger partial charge in [0.05, 0.1) is 5.37 Å². The van der Waals surface area contributed by atoms with E-state index in [0.29, 0.717) is 5.37 Å². The summed E-state index contributed by atoms with van der Waals surface area (Å²) in [5.41, 5.74) is 0. The predicted octanol–water partition coefficient (Wildman–Crippen LogP) is 1.17. The Bertz CT molecular complexity index is 105. The number of carbonyl (C=O) groups is 1. The first-order valence-electron chi connectivity index (χ1n) is 2.85. The lowest BCUT2D eigenvalue weighted by atomic mass is 10.5. The average molecular weight is 147 g/mol. The smallest absolute Gasteiger partial charge is 0.220 e. The van der Waals surface area contributed by atoms with Gasteiger partial charge in [0.2, 0.25) is 5.91 Å². The lowest BCUT2D eigenvalue weighted by Crippen LogP contribution is -2.30. The minimum atomic E-state index is 0.122. The molecule has 1 atom stereocenters. The summed E-state index contributed by atoms with van der Waals surface area (Å²) in [6.07, 6.45) is 1.99. The maximum absolute atomic E-state index is 10.7. The van der Waals surface area contributed by atoms with Crippen molar-refractivity contribution in [1.29, 1.82) is 0 Å². The summed E-state index contributed by atoms with van der Waals surface area (Å²) in [5.74, 6) is 0.122. The molecule has 0 aromatic carbocycles. The molecule has 9 heavy (non-hydrogen) atoms. The van der Waals surface area contributed by atoms with Crippen molar-refractivity contribution >= 4 is 17.7 Å². The third kappa shape index (κ3) is 2.75. The Morgan fingerprint density at radius 1 is 1.67 bits per heavy atom. The Kier molecular flexibility index (Phi) is 3.70. The standard InChI is InChI=1S/C6H13NOS/c1-5(8)7(3)6(2)9-4/h6H,1-4H3. The molecule has 0 spiro atoms. The molecule has 3 heteroatoms. The zero-order valence-corrected chi connectivity index (χ0v) is 7.16. The number of hydrogen-bond donors (Lipinski definition) is 0. The van der Waals surface area contributed by atoms with Gasteiger partial charge in [-0.2, -0.15) is 0 Å². The summed E-state index contributed by atoms with van der Waals surface area (Å²) in [5, 5.41) is 0.294. The third-order valence-corrected chi connectivity index (χ3v) is 2.38. The molecule has 0 N–H and O–H groups in total. The lowest BCUT2D eigenvalue weighted by molar-refractivity contribution is -0.127.